The topological polar surface area (TPSA) is 91.5 Å². The average Bonchev–Trinajstić information content (AvgIpc) is 2.96. The van der Waals surface area contributed by atoms with Crippen molar-refractivity contribution in [1.29, 1.82) is 0 Å². The summed E-state index contributed by atoms with van der Waals surface area (Å²) in [6.07, 6.45) is 2.63. The number of hydrogen-bond donors (Lipinski definition) is 0. The van der Waals surface area contributed by atoms with Crippen LogP contribution in [-0.2, 0) is 19.1 Å². The summed E-state index contributed by atoms with van der Waals surface area (Å²) in [5.41, 5.74) is 1.15. The summed E-state index contributed by atoms with van der Waals surface area (Å²) < 4.78 is 14.8. The van der Waals surface area contributed by atoms with E-state index in [1.807, 2.05) is 0 Å². The van der Waals surface area contributed by atoms with Crippen LogP contribution in [0.4, 0.5) is 0 Å². The number of carbonyl (C=O) groups is 2. The lowest BCUT2D eigenvalue weighted by molar-refractivity contribution is -0.222. The molecule has 0 radical (unpaired) electrons. The van der Waals surface area contributed by atoms with Crippen molar-refractivity contribution >= 4 is 18.0 Å². The number of nitrogens with zero attached hydrogens (tertiary/aromatic N) is 2. The van der Waals surface area contributed by atoms with Crippen LogP contribution in [0.25, 0.3) is 17.5 Å². The molecule has 0 amide bonds. The van der Waals surface area contributed by atoms with Crippen LogP contribution in [0.15, 0.2) is 40.8 Å². The van der Waals surface area contributed by atoms with E-state index in [4.69, 9.17) is 14.0 Å². The third kappa shape index (κ3) is 2.73. The molecule has 0 saturated carbocycles. The van der Waals surface area contributed by atoms with E-state index in [1.54, 1.807) is 24.3 Å². The van der Waals surface area contributed by atoms with Gasteiger partial charge in [0.1, 0.15) is 5.57 Å². The van der Waals surface area contributed by atoms with E-state index >= 15 is 0 Å². The zero-order valence-corrected chi connectivity index (χ0v) is 11.9. The molecule has 0 unspecified atom stereocenters. The molecule has 112 valence electrons. The van der Waals surface area contributed by atoms with E-state index in [-0.39, 0.29) is 5.57 Å². The van der Waals surface area contributed by atoms with Crippen molar-refractivity contribution < 1.29 is 23.6 Å². The number of carbonyl (C=O) groups excluding carboxylic acids is 2. The molecule has 1 fully saturated rings. The van der Waals surface area contributed by atoms with Crippen LogP contribution in [-0.4, -0.2) is 27.9 Å². The fraction of sp³-hybridized carbons (Fsp3) is 0.200. The van der Waals surface area contributed by atoms with E-state index in [2.05, 4.69) is 10.1 Å². The van der Waals surface area contributed by atoms with E-state index in [0.717, 1.165) is 0 Å². The number of ether oxygens (including phenoxy) is 2. The van der Waals surface area contributed by atoms with E-state index < -0.39 is 17.7 Å². The maximum absolute atomic E-state index is 11.9. The Morgan fingerprint density at radius 2 is 1.86 bits per heavy atom. The first kappa shape index (κ1) is 14.0. The minimum Gasteiger partial charge on any atom is -0.419 e. The highest BCUT2D eigenvalue weighted by Crippen LogP contribution is 2.25. The Bertz CT molecular complexity index is 740. The molecule has 1 saturated heterocycles. The second-order valence-corrected chi connectivity index (χ2v) is 5.12. The van der Waals surface area contributed by atoms with Gasteiger partial charge in [0.15, 0.2) is 0 Å². The predicted molar refractivity (Wildman–Crippen MR) is 74.0 cm³/mol. The van der Waals surface area contributed by atoms with E-state index in [1.165, 1.54) is 26.3 Å². The molecule has 2 aromatic rings. The van der Waals surface area contributed by atoms with Crippen LogP contribution in [0.5, 0.6) is 0 Å². The number of hydrogen-bond acceptors (Lipinski definition) is 7. The average molecular weight is 300 g/mol. The molecule has 2 heterocycles. The molecule has 0 aliphatic carbocycles. The molecule has 3 rings (SSSR count). The van der Waals surface area contributed by atoms with Crippen molar-refractivity contribution in [2.24, 2.45) is 0 Å². The smallest absolute Gasteiger partial charge is 0.348 e. The molecular weight excluding hydrogens is 288 g/mol. The summed E-state index contributed by atoms with van der Waals surface area (Å²) >= 11 is 0. The molecule has 0 spiro atoms. The number of rotatable bonds is 2. The molecule has 1 aliphatic heterocycles. The maximum atomic E-state index is 11.9. The third-order valence-corrected chi connectivity index (χ3v) is 2.93. The Morgan fingerprint density at radius 1 is 1.14 bits per heavy atom. The minimum atomic E-state index is -1.25. The maximum Gasteiger partial charge on any atom is 0.348 e. The van der Waals surface area contributed by atoms with Crippen molar-refractivity contribution in [2.75, 3.05) is 0 Å². The van der Waals surface area contributed by atoms with Gasteiger partial charge >= 0.3 is 11.9 Å². The summed E-state index contributed by atoms with van der Waals surface area (Å²) in [6.45, 7) is 2.99. The Kier molecular flexibility index (Phi) is 3.25. The van der Waals surface area contributed by atoms with Gasteiger partial charge < -0.3 is 14.0 Å². The third-order valence-electron chi connectivity index (χ3n) is 2.93. The lowest BCUT2D eigenvalue weighted by Gasteiger charge is -2.29. The standard InChI is InChI=1S/C15H12N2O5/c1-15(2)21-13(18)11(14(19)22-15)7-9-4-3-5-10(6-9)12-16-8-20-17-12/h3-8H,1-2H3. The second-order valence-electron chi connectivity index (χ2n) is 5.12. The fourth-order valence-electron chi connectivity index (χ4n) is 2.01. The van der Waals surface area contributed by atoms with Crippen molar-refractivity contribution in [3.63, 3.8) is 0 Å². The molecule has 7 heteroatoms. The van der Waals surface area contributed by atoms with Crippen molar-refractivity contribution in [3.05, 3.63) is 41.8 Å². The van der Waals surface area contributed by atoms with Crippen LogP contribution in [0.2, 0.25) is 0 Å². The molecule has 1 aliphatic rings. The van der Waals surface area contributed by atoms with Gasteiger partial charge in [0, 0.05) is 19.4 Å². The first-order valence-corrected chi connectivity index (χ1v) is 6.50. The highest BCUT2D eigenvalue weighted by Gasteiger charge is 2.38. The molecule has 1 aromatic carbocycles. The minimum absolute atomic E-state index is 0.162. The van der Waals surface area contributed by atoms with Crippen molar-refractivity contribution in [2.45, 2.75) is 19.6 Å². The summed E-state index contributed by atoms with van der Waals surface area (Å²) in [5.74, 6) is -2.27. The Hall–Kier alpha value is -2.96. The second kappa shape index (κ2) is 5.10. The highest BCUT2D eigenvalue weighted by molar-refractivity contribution is 6.18. The molecule has 1 aromatic heterocycles. The first-order chi connectivity index (χ1) is 10.4. The molecule has 0 atom stereocenters. The fourth-order valence-corrected chi connectivity index (χ4v) is 2.01. The summed E-state index contributed by atoms with van der Waals surface area (Å²) in [6, 6.07) is 6.99. The van der Waals surface area contributed by atoms with Gasteiger partial charge in [-0.1, -0.05) is 23.4 Å². The summed E-state index contributed by atoms with van der Waals surface area (Å²) in [7, 11) is 0. The Balaban J connectivity index is 1.94. The normalized spacial score (nSPS) is 16.9. The number of benzene rings is 1. The van der Waals surface area contributed by atoms with Gasteiger partial charge in [-0.3, -0.25) is 0 Å². The van der Waals surface area contributed by atoms with Gasteiger partial charge in [0.05, 0.1) is 0 Å². The van der Waals surface area contributed by atoms with E-state index in [9.17, 15) is 9.59 Å². The largest absolute Gasteiger partial charge is 0.419 e. The van der Waals surface area contributed by atoms with Crippen molar-refractivity contribution in [1.82, 2.24) is 10.1 Å². The lowest BCUT2D eigenvalue weighted by Crippen LogP contribution is -2.41. The van der Waals surface area contributed by atoms with Gasteiger partial charge in [0.2, 0.25) is 12.2 Å². The van der Waals surface area contributed by atoms with Crippen LogP contribution in [0.3, 0.4) is 0 Å². The predicted octanol–water partition coefficient (Wildman–Crippen LogP) is 1.96. The van der Waals surface area contributed by atoms with Crippen LogP contribution in [0, 0.1) is 0 Å². The van der Waals surface area contributed by atoms with Gasteiger partial charge in [-0.2, -0.15) is 4.98 Å². The zero-order valence-electron chi connectivity index (χ0n) is 11.9. The van der Waals surface area contributed by atoms with Crippen LogP contribution < -0.4 is 0 Å². The van der Waals surface area contributed by atoms with Crippen molar-refractivity contribution in [3.8, 4) is 11.4 Å². The van der Waals surface area contributed by atoms with Crippen LogP contribution in [0.1, 0.15) is 19.4 Å². The Morgan fingerprint density at radius 3 is 2.50 bits per heavy atom. The van der Waals surface area contributed by atoms with Gasteiger partial charge in [-0.15, -0.1) is 0 Å². The number of aromatic nitrogens is 2. The number of esters is 2. The SMILES string of the molecule is CC1(C)OC(=O)C(=Cc2cccc(-c3ncon3)c2)C(=O)O1. The zero-order chi connectivity index (χ0) is 15.7. The summed E-state index contributed by atoms with van der Waals surface area (Å²) in [4.78, 5) is 27.8. The quantitative estimate of drug-likeness (QED) is 0.475. The Labute approximate surface area is 125 Å². The molecular formula is C15H12N2O5. The molecule has 0 N–H and O–H groups in total. The molecule has 22 heavy (non-hydrogen) atoms. The molecule has 7 nitrogen and oxygen atoms in total. The highest BCUT2D eigenvalue weighted by atomic mass is 16.7. The lowest BCUT2D eigenvalue weighted by atomic mass is 10.1. The monoisotopic (exact) mass is 300 g/mol. The summed E-state index contributed by atoms with van der Waals surface area (Å²) in [5, 5.41) is 3.73. The van der Waals surface area contributed by atoms with Gasteiger partial charge in [-0.05, 0) is 17.7 Å². The van der Waals surface area contributed by atoms with Gasteiger partial charge in [0.25, 0.3) is 5.79 Å². The van der Waals surface area contributed by atoms with E-state index in [0.29, 0.717) is 17.0 Å². The first-order valence-electron chi connectivity index (χ1n) is 6.50. The van der Waals surface area contributed by atoms with Gasteiger partial charge in [-0.25, -0.2) is 9.59 Å². The molecule has 0 bridgehead atoms. The van der Waals surface area contributed by atoms with Crippen LogP contribution >= 0.6 is 0 Å². The number of cyclic esters (lactones) is 2.